The topological polar surface area (TPSA) is 24.5 Å². The monoisotopic (exact) mass is 274 g/mol. The van der Waals surface area contributed by atoms with E-state index >= 15 is 0 Å². The number of para-hydroxylation sites is 2. The number of nitrogens with zero attached hydrogens (tertiary/aromatic N) is 1. The average Bonchev–Trinajstić information content (AvgIpc) is 2.37. The molecule has 1 aromatic rings. The van der Waals surface area contributed by atoms with Crippen LogP contribution in [0.4, 0.5) is 18.9 Å². The molecule has 1 aliphatic heterocycles. The van der Waals surface area contributed by atoms with Gasteiger partial charge in [-0.2, -0.15) is 13.2 Å². The van der Waals surface area contributed by atoms with E-state index in [1.807, 2.05) is 13.0 Å². The van der Waals surface area contributed by atoms with Crippen LogP contribution in [0.25, 0.3) is 0 Å². The summed E-state index contributed by atoms with van der Waals surface area (Å²) in [5.74, 6) is 0.286. The first-order valence-electron chi connectivity index (χ1n) is 6.23. The highest BCUT2D eigenvalue weighted by molar-refractivity contribution is 5.59. The van der Waals surface area contributed by atoms with Gasteiger partial charge < -0.3 is 15.0 Å². The lowest BCUT2D eigenvalue weighted by atomic mass is 10.1. The highest BCUT2D eigenvalue weighted by Gasteiger charge is 2.29. The van der Waals surface area contributed by atoms with Gasteiger partial charge in [0.2, 0.25) is 0 Å². The van der Waals surface area contributed by atoms with Crippen LogP contribution in [0, 0.1) is 0 Å². The zero-order valence-electron chi connectivity index (χ0n) is 10.7. The molecule has 1 aliphatic rings. The molecule has 0 amide bonds. The summed E-state index contributed by atoms with van der Waals surface area (Å²) in [6, 6.07) is 7.10. The Hall–Kier alpha value is -1.43. The second-order valence-electron chi connectivity index (χ2n) is 4.62. The first-order valence-corrected chi connectivity index (χ1v) is 6.23. The summed E-state index contributed by atoms with van der Waals surface area (Å²) in [5, 5.41) is 3.25. The molecular formula is C13H17F3N2O. The van der Waals surface area contributed by atoms with Crippen molar-refractivity contribution in [2.24, 2.45) is 0 Å². The molecule has 6 heteroatoms. The second kappa shape index (κ2) is 5.69. The number of hydrogen-bond acceptors (Lipinski definition) is 3. The molecule has 0 spiro atoms. The summed E-state index contributed by atoms with van der Waals surface area (Å²) in [7, 11) is 0. The van der Waals surface area contributed by atoms with Crippen molar-refractivity contribution >= 4 is 5.69 Å². The number of piperazine rings is 1. The number of alkyl halides is 3. The summed E-state index contributed by atoms with van der Waals surface area (Å²) in [6.07, 6.45) is -4.32. The van der Waals surface area contributed by atoms with Crippen molar-refractivity contribution < 1.29 is 17.9 Å². The first-order chi connectivity index (χ1) is 8.97. The predicted octanol–water partition coefficient (Wildman–Crippen LogP) is 2.43. The molecule has 1 fully saturated rings. The SMILES string of the molecule is C[C@@H]1CNCCN1c1ccccc1OCC(F)(F)F. The molecule has 3 nitrogen and oxygen atoms in total. The van der Waals surface area contributed by atoms with E-state index in [0.717, 1.165) is 25.3 Å². The Balaban J connectivity index is 2.15. The molecule has 1 saturated heterocycles. The van der Waals surface area contributed by atoms with Crippen LogP contribution >= 0.6 is 0 Å². The van der Waals surface area contributed by atoms with Crippen molar-refractivity contribution in [2.45, 2.75) is 19.1 Å². The normalized spacial score (nSPS) is 20.4. The smallest absolute Gasteiger partial charge is 0.422 e. The number of hydrogen-bond donors (Lipinski definition) is 1. The van der Waals surface area contributed by atoms with Crippen LogP contribution in [0.2, 0.25) is 0 Å². The lowest BCUT2D eigenvalue weighted by molar-refractivity contribution is -0.153. The molecule has 1 aromatic carbocycles. The molecule has 0 bridgehead atoms. The van der Waals surface area contributed by atoms with Crippen molar-refractivity contribution in [1.29, 1.82) is 0 Å². The largest absolute Gasteiger partial charge is 0.482 e. The van der Waals surface area contributed by atoms with Gasteiger partial charge in [-0.1, -0.05) is 12.1 Å². The summed E-state index contributed by atoms with van der Waals surface area (Å²) in [6.45, 7) is 3.16. The van der Waals surface area contributed by atoms with Crippen molar-refractivity contribution in [3.8, 4) is 5.75 Å². The third kappa shape index (κ3) is 3.76. The minimum atomic E-state index is -4.32. The van der Waals surface area contributed by atoms with Gasteiger partial charge in [0, 0.05) is 25.7 Å². The number of benzene rings is 1. The zero-order valence-corrected chi connectivity index (χ0v) is 10.7. The van der Waals surface area contributed by atoms with Crippen molar-refractivity contribution in [2.75, 3.05) is 31.1 Å². The Morgan fingerprint density at radius 1 is 1.37 bits per heavy atom. The fourth-order valence-corrected chi connectivity index (χ4v) is 2.18. The van der Waals surface area contributed by atoms with E-state index < -0.39 is 12.8 Å². The minimum Gasteiger partial charge on any atom is -0.482 e. The van der Waals surface area contributed by atoms with Crippen LogP contribution in [0.15, 0.2) is 24.3 Å². The fourth-order valence-electron chi connectivity index (χ4n) is 2.18. The third-order valence-corrected chi connectivity index (χ3v) is 3.07. The maximum absolute atomic E-state index is 12.2. The van der Waals surface area contributed by atoms with Gasteiger partial charge >= 0.3 is 6.18 Å². The standard InChI is InChI=1S/C13H17F3N2O/c1-10-8-17-6-7-18(10)11-4-2-3-5-12(11)19-9-13(14,15)16/h2-5,10,17H,6-9H2,1H3/t10-/m1/s1. The Kier molecular flexibility index (Phi) is 4.19. The Bertz CT molecular complexity index is 423. The maximum atomic E-state index is 12.2. The molecule has 2 rings (SSSR count). The van der Waals surface area contributed by atoms with E-state index in [9.17, 15) is 13.2 Å². The molecule has 0 unspecified atom stereocenters. The highest BCUT2D eigenvalue weighted by Crippen LogP contribution is 2.31. The number of ether oxygens (including phenoxy) is 1. The van der Waals surface area contributed by atoms with Crippen LogP contribution in [0.3, 0.4) is 0 Å². The van der Waals surface area contributed by atoms with Crippen molar-refractivity contribution in [3.05, 3.63) is 24.3 Å². The van der Waals surface area contributed by atoms with Gasteiger partial charge in [0.25, 0.3) is 0 Å². The molecule has 106 valence electrons. The zero-order chi connectivity index (χ0) is 13.9. The fraction of sp³-hybridized carbons (Fsp3) is 0.538. The molecule has 0 saturated carbocycles. The van der Waals surface area contributed by atoms with Gasteiger partial charge in [-0.3, -0.25) is 0 Å². The lowest BCUT2D eigenvalue weighted by Crippen LogP contribution is -2.50. The predicted molar refractivity (Wildman–Crippen MR) is 67.7 cm³/mol. The summed E-state index contributed by atoms with van der Waals surface area (Å²) < 4.78 is 41.6. The van der Waals surface area contributed by atoms with E-state index in [1.165, 1.54) is 0 Å². The molecule has 1 N–H and O–H groups in total. The molecule has 1 heterocycles. The van der Waals surface area contributed by atoms with E-state index in [2.05, 4.69) is 10.2 Å². The molecule has 0 aliphatic carbocycles. The molecule has 0 aromatic heterocycles. The second-order valence-corrected chi connectivity index (χ2v) is 4.62. The van der Waals surface area contributed by atoms with Crippen LogP contribution in [-0.4, -0.2) is 38.5 Å². The third-order valence-electron chi connectivity index (χ3n) is 3.07. The van der Waals surface area contributed by atoms with Crippen LogP contribution < -0.4 is 15.0 Å². The van der Waals surface area contributed by atoms with E-state index in [1.54, 1.807) is 18.2 Å². The lowest BCUT2D eigenvalue weighted by Gasteiger charge is -2.36. The summed E-state index contributed by atoms with van der Waals surface area (Å²) in [5.41, 5.74) is 0.723. The number of halogens is 3. The number of anilines is 1. The number of rotatable bonds is 3. The van der Waals surface area contributed by atoms with Crippen molar-refractivity contribution in [1.82, 2.24) is 5.32 Å². The Labute approximate surface area is 110 Å². The van der Waals surface area contributed by atoms with Crippen LogP contribution in [0.5, 0.6) is 5.75 Å². The Morgan fingerprint density at radius 3 is 2.79 bits per heavy atom. The van der Waals surface area contributed by atoms with E-state index in [0.29, 0.717) is 0 Å². The van der Waals surface area contributed by atoms with Crippen LogP contribution in [0.1, 0.15) is 6.92 Å². The quantitative estimate of drug-likeness (QED) is 0.916. The van der Waals surface area contributed by atoms with Gasteiger partial charge in [0.15, 0.2) is 6.61 Å². The minimum absolute atomic E-state index is 0.226. The molecule has 1 atom stereocenters. The van der Waals surface area contributed by atoms with Gasteiger partial charge in [-0.25, -0.2) is 0 Å². The van der Waals surface area contributed by atoms with E-state index in [4.69, 9.17) is 4.74 Å². The average molecular weight is 274 g/mol. The molecule has 19 heavy (non-hydrogen) atoms. The van der Waals surface area contributed by atoms with Gasteiger partial charge in [-0.15, -0.1) is 0 Å². The van der Waals surface area contributed by atoms with Gasteiger partial charge in [0.05, 0.1) is 5.69 Å². The summed E-state index contributed by atoms with van der Waals surface area (Å²) >= 11 is 0. The molecular weight excluding hydrogens is 257 g/mol. The first kappa shape index (κ1) is 14.0. The van der Waals surface area contributed by atoms with Gasteiger partial charge in [0.1, 0.15) is 5.75 Å². The van der Waals surface area contributed by atoms with Crippen LogP contribution in [-0.2, 0) is 0 Å². The molecule has 0 radical (unpaired) electrons. The van der Waals surface area contributed by atoms with Gasteiger partial charge in [-0.05, 0) is 19.1 Å². The Morgan fingerprint density at radius 2 is 2.11 bits per heavy atom. The summed E-state index contributed by atoms with van der Waals surface area (Å²) in [4.78, 5) is 2.07. The van der Waals surface area contributed by atoms with E-state index in [-0.39, 0.29) is 11.8 Å². The van der Waals surface area contributed by atoms with Crippen molar-refractivity contribution in [3.63, 3.8) is 0 Å². The maximum Gasteiger partial charge on any atom is 0.422 e. The number of nitrogens with one attached hydrogen (secondary N) is 1. The highest BCUT2D eigenvalue weighted by atomic mass is 19.4.